The summed E-state index contributed by atoms with van der Waals surface area (Å²) in [4.78, 5) is 0. The molecule has 3 rings (SSSR count). The molecule has 0 spiro atoms. The SMILES string of the molecule is CCNC(CC1Cc2ccccc21)c1ccc(F)cc1I. The summed E-state index contributed by atoms with van der Waals surface area (Å²) in [7, 11) is 0. The highest BCUT2D eigenvalue weighted by atomic mass is 127. The van der Waals surface area contributed by atoms with Crippen LogP contribution in [0.3, 0.4) is 0 Å². The van der Waals surface area contributed by atoms with Crippen molar-refractivity contribution in [1.29, 1.82) is 0 Å². The second kappa shape index (κ2) is 6.44. The molecule has 0 aromatic heterocycles. The first-order valence-corrected chi connectivity index (χ1v) is 8.53. The number of hydrogen-bond donors (Lipinski definition) is 1. The maximum atomic E-state index is 13.3. The normalized spacial score (nSPS) is 18.0. The Balaban J connectivity index is 1.80. The summed E-state index contributed by atoms with van der Waals surface area (Å²) in [6.07, 6.45) is 2.24. The van der Waals surface area contributed by atoms with Crippen LogP contribution >= 0.6 is 22.6 Å². The van der Waals surface area contributed by atoms with Crippen molar-refractivity contribution in [2.75, 3.05) is 6.54 Å². The van der Waals surface area contributed by atoms with E-state index in [1.165, 1.54) is 16.7 Å². The zero-order chi connectivity index (χ0) is 14.8. The molecule has 0 bridgehead atoms. The van der Waals surface area contributed by atoms with Gasteiger partial charge in [-0.15, -0.1) is 0 Å². The fourth-order valence-electron chi connectivity index (χ4n) is 3.21. The van der Waals surface area contributed by atoms with Gasteiger partial charge in [0.05, 0.1) is 0 Å². The summed E-state index contributed by atoms with van der Waals surface area (Å²) in [6, 6.07) is 14.1. The molecule has 0 saturated carbocycles. The lowest BCUT2D eigenvalue weighted by Gasteiger charge is -2.33. The number of hydrogen-bond acceptors (Lipinski definition) is 1. The van der Waals surface area contributed by atoms with Crippen LogP contribution in [0, 0.1) is 9.39 Å². The molecule has 21 heavy (non-hydrogen) atoms. The molecule has 2 unspecified atom stereocenters. The topological polar surface area (TPSA) is 12.0 Å². The minimum Gasteiger partial charge on any atom is -0.310 e. The van der Waals surface area contributed by atoms with Gasteiger partial charge in [0, 0.05) is 9.61 Å². The van der Waals surface area contributed by atoms with Gasteiger partial charge < -0.3 is 5.32 Å². The van der Waals surface area contributed by atoms with E-state index < -0.39 is 0 Å². The van der Waals surface area contributed by atoms with E-state index in [9.17, 15) is 4.39 Å². The van der Waals surface area contributed by atoms with Crippen molar-refractivity contribution < 1.29 is 4.39 Å². The summed E-state index contributed by atoms with van der Waals surface area (Å²) < 4.78 is 14.3. The highest BCUT2D eigenvalue weighted by Gasteiger charge is 2.28. The Morgan fingerprint density at radius 1 is 1.29 bits per heavy atom. The average molecular weight is 395 g/mol. The highest BCUT2D eigenvalue weighted by Crippen LogP contribution is 2.41. The van der Waals surface area contributed by atoms with Gasteiger partial charge in [-0.2, -0.15) is 0 Å². The lowest BCUT2D eigenvalue weighted by Crippen LogP contribution is -2.27. The minimum atomic E-state index is -0.160. The van der Waals surface area contributed by atoms with Crippen LogP contribution in [0.1, 0.15) is 42.0 Å². The van der Waals surface area contributed by atoms with Crippen molar-refractivity contribution in [1.82, 2.24) is 5.32 Å². The Bertz CT molecular complexity index is 641. The molecular formula is C18H19FIN. The molecule has 2 aromatic rings. The monoisotopic (exact) mass is 395 g/mol. The van der Waals surface area contributed by atoms with E-state index in [-0.39, 0.29) is 5.82 Å². The third kappa shape index (κ3) is 3.14. The maximum absolute atomic E-state index is 13.3. The second-order valence-corrected chi connectivity index (χ2v) is 6.77. The van der Waals surface area contributed by atoms with Gasteiger partial charge in [0.1, 0.15) is 5.82 Å². The van der Waals surface area contributed by atoms with Crippen LogP contribution in [0.2, 0.25) is 0 Å². The van der Waals surface area contributed by atoms with Crippen LogP contribution in [-0.4, -0.2) is 6.54 Å². The molecule has 0 aliphatic heterocycles. The molecule has 1 N–H and O–H groups in total. The Morgan fingerprint density at radius 2 is 2.10 bits per heavy atom. The molecule has 0 radical (unpaired) electrons. The zero-order valence-electron chi connectivity index (χ0n) is 12.1. The Morgan fingerprint density at radius 3 is 2.81 bits per heavy atom. The number of nitrogens with one attached hydrogen (secondary N) is 1. The van der Waals surface area contributed by atoms with Crippen LogP contribution in [-0.2, 0) is 6.42 Å². The first-order chi connectivity index (χ1) is 10.2. The van der Waals surface area contributed by atoms with E-state index in [2.05, 4.69) is 59.1 Å². The minimum absolute atomic E-state index is 0.160. The van der Waals surface area contributed by atoms with Crippen LogP contribution in [0.5, 0.6) is 0 Å². The fourth-order valence-corrected chi connectivity index (χ4v) is 4.06. The standard InChI is InChI=1S/C18H19FIN/c1-2-21-18(16-8-7-14(19)11-17(16)20)10-13-9-12-5-3-4-6-15(12)13/h3-8,11,13,18,21H,2,9-10H2,1H3. The molecule has 1 aliphatic rings. The van der Waals surface area contributed by atoms with Gasteiger partial charge in [-0.05, 0) is 76.7 Å². The van der Waals surface area contributed by atoms with Gasteiger partial charge in [0.25, 0.3) is 0 Å². The number of benzene rings is 2. The summed E-state index contributed by atoms with van der Waals surface area (Å²) in [5.41, 5.74) is 4.17. The quantitative estimate of drug-likeness (QED) is 0.717. The molecule has 0 amide bonds. The molecule has 2 atom stereocenters. The predicted molar refractivity (Wildman–Crippen MR) is 93.0 cm³/mol. The largest absolute Gasteiger partial charge is 0.310 e. The summed E-state index contributed by atoms with van der Waals surface area (Å²) in [5, 5.41) is 3.56. The fraction of sp³-hybridized carbons (Fsp3) is 0.333. The van der Waals surface area contributed by atoms with Crippen molar-refractivity contribution in [2.45, 2.75) is 31.7 Å². The van der Waals surface area contributed by atoms with Gasteiger partial charge in [0.15, 0.2) is 0 Å². The van der Waals surface area contributed by atoms with Crippen molar-refractivity contribution in [3.05, 3.63) is 68.5 Å². The van der Waals surface area contributed by atoms with E-state index in [0.717, 1.165) is 23.0 Å². The van der Waals surface area contributed by atoms with Crippen molar-refractivity contribution in [3.63, 3.8) is 0 Å². The van der Waals surface area contributed by atoms with Crippen molar-refractivity contribution in [2.24, 2.45) is 0 Å². The smallest absolute Gasteiger partial charge is 0.124 e. The summed E-state index contributed by atoms with van der Waals surface area (Å²) in [5.74, 6) is 0.457. The van der Waals surface area contributed by atoms with E-state index in [4.69, 9.17) is 0 Å². The molecule has 1 aliphatic carbocycles. The lowest BCUT2D eigenvalue weighted by molar-refractivity contribution is 0.434. The molecule has 110 valence electrons. The Kier molecular flexibility index (Phi) is 4.60. The summed E-state index contributed by atoms with van der Waals surface area (Å²) >= 11 is 2.24. The molecule has 2 aromatic carbocycles. The molecule has 0 fully saturated rings. The highest BCUT2D eigenvalue weighted by molar-refractivity contribution is 14.1. The number of fused-ring (bicyclic) bond motifs is 1. The Labute approximate surface area is 139 Å². The van der Waals surface area contributed by atoms with E-state index in [1.54, 1.807) is 12.1 Å². The van der Waals surface area contributed by atoms with Crippen LogP contribution in [0.25, 0.3) is 0 Å². The van der Waals surface area contributed by atoms with E-state index >= 15 is 0 Å². The average Bonchev–Trinajstić information content (AvgIpc) is 2.44. The third-order valence-electron chi connectivity index (χ3n) is 4.27. The molecule has 0 heterocycles. The van der Waals surface area contributed by atoms with Gasteiger partial charge in [-0.1, -0.05) is 37.3 Å². The molecule has 0 saturated heterocycles. The van der Waals surface area contributed by atoms with Gasteiger partial charge >= 0.3 is 0 Å². The van der Waals surface area contributed by atoms with Gasteiger partial charge in [-0.25, -0.2) is 4.39 Å². The lowest BCUT2D eigenvalue weighted by atomic mass is 9.74. The van der Waals surface area contributed by atoms with Crippen LogP contribution < -0.4 is 5.32 Å². The zero-order valence-corrected chi connectivity index (χ0v) is 14.2. The maximum Gasteiger partial charge on any atom is 0.124 e. The van der Waals surface area contributed by atoms with Crippen LogP contribution in [0.15, 0.2) is 42.5 Å². The van der Waals surface area contributed by atoms with E-state index in [0.29, 0.717) is 12.0 Å². The van der Waals surface area contributed by atoms with Crippen LogP contribution in [0.4, 0.5) is 4.39 Å². The number of rotatable bonds is 5. The Hall–Kier alpha value is -0.940. The molecule has 3 heteroatoms. The summed E-state index contributed by atoms with van der Waals surface area (Å²) in [6.45, 7) is 3.05. The van der Waals surface area contributed by atoms with Crippen molar-refractivity contribution in [3.8, 4) is 0 Å². The van der Waals surface area contributed by atoms with Gasteiger partial charge in [0.2, 0.25) is 0 Å². The first-order valence-electron chi connectivity index (χ1n) is 7.45. The molecule has 1 nitrogen and oxygen atoms in total. The van der Waals surface area contributed by atoms with E-state index in [1.807, 2.05) is 6.07 Å². The predicted octanol–water partition coefficient (Wildman–Crippen LogP) is 4.81. The van der Waals surface area contributed by atoms with Crippen molar-refractivity contribution >= 4 is 22.6 Å². The van der Waals surface area contributed by atoms with Gasteiger partial charge in [-0.3, -0.25) is 0 Å². The number of halogens is 2. The second-order valence-electron chi connectivity index (χ2n) is 5.61. The first kappa shape index (κ1) is 15.0. The molecular weight excluding hydrogens is 376 g/mol. The third-order valence-corrected chi connectivity index (χ3v) is 5.20.